The normalized spacial score (nSPS) is 11.5. The van der Waals surface area contributed by atoms with Crippen LogP contribution in [-0.2, 0) is 0 Å². The molecule has 0 aliphatic carbocycles. The molecule has 0 N–H and O–H groups in total. The number of rotatable bonds is 15. The highest BCUT2D eigenvalue weighted by Crippen LogP contribution is 2.19. The molecule has 0 fully saturated rings. The molecule has 1 heteroatoms. The first-order valence-electron chi connectivity index (χ1n) is 11.7. The number of unbranched alkanes of at least 4 members (excludes halogenated alkanes) is 10. The molecule has 27 heavy (non-hydrogen) atoms. The largest absolute Gasteiger partial charge is 0.0864 e. The molecule has 2 aromatic rings. The van der Waals surface area contributed by atoms with Crippen molar-refractivity contribution in [1.29, 1.82) is 0 Å². The Balaban J connectivity index is 1.93. The third-order valence-corrected chi connectivity index (χ3v) is 8.95. The number of hydrogen-bond acceptors (Lipinski definition) is 0. The SMILES string of the molecule is CCCCCCCC[Si](CCCCCCCC)c1cccc2ccccc12. The fourth-order valence-corrected chi connectivity index (χ4v) is 7.25. The van der Waals surface area contributed by atoms with E-state index in [1.807, 2.05) is 0 Å². The van der Waals surface area contributed by atoms with E-state index in [0.29, 0.717) is 0 Å². The summed E-state index contributed by atoms with van der Waals surface area (Å²) in [4.78, 5) is 0. The van der Waals surface area contributed by atoms with Crippen LogP contribution in [0.1, 0.15) is 90.9 Å². The molecule has 0 nitrogen and oxygen atoms in total. The highest BCUT2D eigenvalue weighted by molar-refractivity contribution is 6.75. The second-order valence-corrected chi connectivity index (χ2v) is 10.9. The molecule has 0 amide bonds. The highest BCUT2D eigenvalue weighted by Gasteiger charge is 2.16. The summed E-state index contributed by atoms with van der Waals surface area (Å²) in [7, 11) is -0.432. The van der Waals surface area contributed by atoms with Gasteiger partial charge in [-0.3, -0.25) is 0 Å². The van der Waals surface area contributed by atoms with Crippen molar-refractivity contribution in [2.24, 2.45) is 0 Å². The zero-order valence-electron chi connectivity index (χ0n) is 17.9. The Morgan fingerprint density at radius 3 is 1.70 bits per heavy atom. The van der Waals surface area contributed by atoms with Crippen LogP contribution in [0.15, 0.2) is 42.5 Å². The van der Waals surface area contributed by atoms with Gasteiger partial charge in [0.2, 0.25) is 0 Å². The van der Waals surface area contributed by atoms with Gasteiger partial charge in [0.1, 0.15) is 0 Å². The van der Waals surface area contributed by atoms with Crippen molar-refractivity contribution < 1.29 is 0 Å². The van der Waals surface area contributed by atoms with Crippen molar-refractivity contribution in [2.45, 2.75) is 103 Å². The van der Waals surface area contributed by atoms with Gasteiger partial charge >= 0.3 is 0 Å². The Bertz CT molecular complexity index is 597. The van der Waals surface area contributed by atoms with Crippen molar-refractivity contribution in [2.75, 3.05) is 0 Å². The van der Waals surface area contributed by atoms with Gasteiger partial charge in [-0.25, -0.2) is 0 Å². The summed E-state index contributed by atoms with van der Waals surface area (Å²) in [6.45, 7) is 4.62. The van der Waals surface area contributed by atoms with Crippen LogP contribution in [0, 0.1) is 0 Å². The predicted octanol–water partition coefficient (Wildman–Crippen LogP) is 8.26. The Hall–Kier alpha value is -1.08. The lowest BCUT2D eigenvalue weighted by atomic mass is 10.1. The van der Waals surface area contributed by atoms with E-state index in [0.717, 1.165) is 0 Å². The second kappa shape index (κ2) is 14.0. The van der Waals surface area contributed by atoms with E-state index in [-0.39, 0.29) is 0 Å². The third-order valence-electron chi connectivity index (χ3n) is 5.83. The lowest BCUT2D eigenvalue weighted by molar-refractivity contribution is 0.617. The predicted molar refractivity (Wildman–Crippen MR) is 126 cm³/mol. The van der Waals surface area contributed by atoms with Crippen molar-refractivity contribution in [3.05, 3.63) is 42.5 Å². The molecule has 149 valence electrons. The van der Waals surface area contributed by atoms with Crippen LogP contribution in [0.2, 0.25) is 12.1 Å². The van der Waals surface area contributed by atoms with E-state index in [1.165, 1.54) is 99.9 Å². The molecule has 0 saturated carbocycles. The Kier molecular flexibility index (Phi) is 11.5. The van der Waals surface area contributed by atoms with Gasteiger partial charge in [-0.15, -0.1) is 0 Å². The topological polar surface area (TPSA) is 0 Å². The summed E-state index contributed by atoms with van der Waals surface area (Å²) in [5.41, 5.74) is 0. The van der Waals surface area contributed by atoms with Crippen LogP contribution in [-0.4, -0.2) is 8.80 Å². The summed E-state index contributed by atoms with van der Waals surface area (Å²) in [5, 5.41) is 4.68. The molecule has 2 rings (SSSR count). The first-order chi connectivity index (χ1) is 13.4. The van der Waals surface area contributed by atoms with Crippen molar-refractivity contribution in [3.8, 4) is 0 Å². The molecule has 0 unspecified atom stereocenters. The van der Waals surface area contributed by atoms with Crippen molar-refractivity contribution >= 4 is 24.8 Å². The average molecular weight is 382 g/mol. The van der Waals surface area contributed by atoms with Gasteiger partial charge in [-0.05, 0) is 10.8 Å². The lowest BCUT2D eigenvalue weighted by Gasteiger charge is -2.18. The summed E-state index contributed by atoms with van der Waals surface area (Å²) in [6, 6.07) is 19.0. The van der Waals surface area contributed by atoms with Crippen LogP contribution in [0.3, 0.4) is 0 Å². The molecule has 0 heterocycles. The standard InChI is InChI=1S/C26H41Si/c1-3-5-7-9-11-15-22-27(23-16-12-10-8-6-4-2)26-21-17-19-24-18-13-14-20-25(24)26/h13-14,17-21H,3-12,15-16,22-23H2,1-2H3. The average Bonchev–Trinajstić information content (AvgIpc) is 2.71. The molecule has 0 atom stereocenters. The monoisotopic (exact) mass is 381 g/mol. The smallest absolute Gasteiger partial charge is 0.0654 e. The minimum atomic E-state index is -0.432. The van der Waals surface area contributed by atoms with E-state index in [1.54, 1.807) is 5.19 Å². The molecule has 0 bridgehead atoms. The fraction of sp³-hybridized carbons (Fsp3) is 0.615. The summed E-state index contributed by atoms with van der Waals surface area (Å²) < 4.78 is 0. The maximum atomic E-state index is 2.45. The summed E-state index contributed by atoms with van der Waals surface area (Å²) in [6.07, 6.45) is 17.0. The molecule has 0 aromatic heterocycles. The molecular formula is C26H41Si. The molecular weight excluding hydrogens is 340 g/mol. The zero-order chi connectivity index (χ0) is 19.2. The minimum absolute atomic E-state index is 0.432. The maximum Gasteiger partial charge on any atom is 0.0864 e. The Morgan fingerprint density at radius 2 is 1.07 bits per heavy atom. The lowest BCUT2D eigenvalue weighted by Crippen LogP contribution is -2.30. The Labute approximate surface area is 170 Å². The first-order valence-corrected chi connectivity index (χ1v) is 13.6. The molecule has 0 spiro atoms. The second-order valence-electron chi connectivity index (χ2n) is 8.17. The van der Waals surface area contributed by atoms with E-state index in [2.05, 4.69) is 56.3 Å². The van der Waals surface area contributed by atoms with Gasteiger partial charge in [0, 0.05) is 0 Å². The third kappa shape index (κ3) is 8.21. The van der Waals surface area contributed by atoms with Crippen molar-refractivity contribution in [1.82, 2.24) is 0 Å². The van der Waals surface area contributed by atoms with Gasteiger partial charge in [0.05, 0.1) is 8.80 Å². The molecule has 1 radical (unpaired) electrons. The van der Waals surface area contributed by atoms with Crippen LogP contribution >= 0.6 is 0 Å². The van der Waals surface area contributed by atoms with Gasteiger partial charge < -0.3 is 0 Å². The van der Waals surface area contributed by atoms with Crippen LogP contribution in [0.5, 0.6) is 0 Å². The highest BCUT2D eigenvalue weighted by atomic mass is 28.3. The van der Waals surface area contributed by atoms with Crippen molar-refractivity contribution in [3.63, 3.8) is 0 Å². The molecule has 0 aliphatic rings. The molecule has 2 aromatic carbocycles. The quantitative estimate of drug-likeness (QED) is 0.215. The van der Waals surface area contributed by atoms with Crippen LogP contribution in [0.4, 0.5) is 0 Å². The minimum Gasteiger partial charge on any atom is -0.0654 e. The van der Waals surface area contributed by atoms with Gasteiger partial charge in [0.25, 0.3) is 0 Å². The number of fused-ring (bicyclic) bond motifs is 1. The van der Waals surface area contributed by atoms with Crippen LogP contribution in [0.25, 0.3) is 10.8 Å². The van der Waals surface area contributed by atoms with E-state index >= 15 is 0 Å². The zero-order valence-corrected chi connectivity index (χ0v) is 18.9. The summed E-state index contributed by atoms with van der Waals surface area (Å²) in [5.74, 6) is 0. The van der Waals surface area contributed by atoms with Gasteiger partial charge in [-0.2, -0.15) is 0 Å². The maximum absolute atomic E-state index is 2.45. The number of hydrogen-bond donors (Lipinski definition) is 0. The summed E-state index contributed by atoms with van der Waals surface area (Å²) >= 11 is 0. The first kappa shape index (κ1) is 22.2. The van der Waals surface area contributed by atoms with Crippen LogP contribution < -0.4 is 5.19 Å². The van der Waals surface area contributed by atoms with Gasteiger partial charge in [0.15, 0.2) is 0 Å². The molecule has 0 saturated heterocycles. The Morgan fingerprint density at radius 1 is 0.556 bits per heavy atom. The number of benzene rings is 2. The van der Waals surface area contributed by atoms with E-state index in [9.17, 15) is 0 Å². The van der Waals surface area contributed by atoms with Gasteiger partial charge in [-0.1, -0.05) is 151 Å². The van der Waals surface area contributed by atoms with E-state index < -0.39 is 8.80 Å². The molecule has 0 aliphatic heterocycles. The fourth-order valence-electron chi connectivity index (χ4n) is 4.17. The van der Waals surface area contributed by atoms with E-state index in [4.69, 9.17) is 0 Å².